The molecule has 0 spiro atoms. The summed E-state index contributed by atoms with van der Waals surface area (Å²) >= 11 is 0. The van der Waals surface area contributed by atoms with E-state index in [1.807, 2.05) is 31.2 Å². The molecule has 0 saturated heterocycles. The number of rotatable bonds is 7. The van der Waals surface area contributed by atoms with Gasteiger partial charge in [0.05, 0.1) is 13.5 Å². The minimum atomic E-state index is -0.774. The number of benzene rings is 1. The minimum absolute atomic E-state index is 0.0223. The first-order valence-corrected chi connectivity index (χ1v) is 5.78. The van der Waals surface area contributed by atoms with E-state index in [4.69, 9.17) is 9.84 Å². The molecule has 4 nitrogen and oxygen atoms in total. The second-order valence-electron chi connectivity index (χ2n) is 3.96. The summed E-state index contributed by atoms with van der Waals surface area (Å²) in [6.07, 6.45) is 1.94. The van der Waals surface area contributed by atoms with Crippen LogP contribution in [0.1, 0.15) is 26.2 Å². The average Bonchev–Trinajstić information content (AvgIpc) is 2.29. The van der Waals surface area contributed by atoms with Crippen molar-refractivity contribution in [2.24, 2.45) is 0 Å². The third-order valence-corrected chi connectivity index (χ3v) is 2.52. The van der Waals surface area contributed by atoms with Crippen molar-refractivity contribution in [2.75, 3.05) is 12.4 Å². The van der Waals surface area contributed by atoms with E-state index in [0.29, 0.717) is 0 Å². The molecule has 94 valence electrons. The molecule has 4 heteroatoms. The highest BCUT2D eigenvalue weighted by Crippen LogP contribution is 2.17. The van der Waals surface area contributed by atoms with Gasteiger partial charge in [0.2, 0.25) is 0 Å². The number of carbonyl (C=O) groups is 1. The number of anilines is 1. The number of hydrogen-bond acceptors (Lipinski definition) is 3. The first-order valence-electron chi connectivity index (χ1n) is 5.78. The van der Waals surface area contributed by atoms with Crippen molar-refractivity contribution in [3.05, 3.63) is 24.3 Å². The molecule has 1 rings (SSSR count). The third-order valence-electron chi connectivity index (χ3n) is 2.52. The monoisotopic (exact) mass is 237 g/mol. The quantitative estimate of drug-likeness (QED) is 0.765. The molecule has 0 aliphatic heterocycles. The summed E-state index contributed by atoms with van der Waals surface area (Å²) in [7, 11) is 1.62. The normalized spacial score (nSPS) is 11.9. The molecule has 0 heterocycles. The van der Waals surface area contributed by atoms with E-state index < -0.39 is 5.97 Å². The van der Waals surface area contributed by atoms with Gasteiger partial charge in [0.1, 0.15) is 5.75 Å². The van der Waals surface area contributed by atoms with Crippen LogP contribution in [0.5, 0.6) is 5.75 Å². The van der Waals surface area contributed by atoms with Crippen LogP contribution in [-0.2, 0) is 4.79 Å². The van der Waals surface area contributed by atoms with Gasteiger partial charge in [-0.05, 0) is 30.7 Å². The number of methoxy groups -OCH3 is 1. The first kappa shape index (κ1) is 13.4. The van der Waals surface area contributed by atoms with Crippen molar-refractivity contribution in [2.45, 2.75) is 32.2 Å². The summed E-state index contributed by atoms with van der Waals surface area (Å²) in [6.45, 7) is 2.05. The standard InChI is InChI=1S/C13H19NO3/c1-3-4-11(9-13(15)16)14-10-5-7-12(17-2)8-6-10/h5-8,11,14H,3-4,9H2,1-2H3,(H,15,16). The van der Waals surface area contributed by atoms with E-state index in [2.05, 4.69) is 5.32 Å². The van der Waals surface area contributed by atoms with Gasteiger partial charge >= 0.3 is 5.97 Å². The van der Waals surface area contributed by atoms with Crippen molar-refractivity contribution in [1.82, 2.24) is 0 Å². The molecule has 0 amide bonds. The average molecular weight is 237 g/mol. The second kappa shape index (κ2) is 6.78. The van der Waals surface area contributed by atoms with Crippen LogP contribution in [0.15, 0.2) is 24.3 Å². The molecule has 1 atom stereocenters. The van der Waals surface area contributed by atoms with Gasteiger partial charge in [-0.3, -0.25) is 4.79 Å². The molecule has 0 radical (unpaired) electrons. The Hall–Kier alpha value is -1.71. The molecule has 1 aromatic rings. The maximum Gasteiger partial charge on any atom is 0.305 e. The summed E-state index contributed by atoms with van der Waals surface area (Å²) in [5.41, 5.74) is 0.922. The fourth-order valence-electron chi connectivity index (χ4n) is 1.71. The van der Waals surface area contributed by atoms with E-state index in [9.17, 15) is 4.79 Å². The SMILES string of the molecule is CCCC(CC(=O)O)Nc1ccc(OC)cc1. The predicted molar refractivity (Wildman–Crippen MR) is 67.6 cm³/mol. The predicted octanol–water partition coefficient (Wildman–Crippen LogP) is 2.75. The minimum Gasteiger partial charge on any atom is -0.497 e. The lowest BCUT2D eigenvalue weighted by molar-refractivity contribution is -0.137. The summed E-state index contributed by atoms with van der Waals surface area (Å²) in [4.78, 5) is 10.7. The Labute approximate surface area is 102 Å². The van der Waals surface area contributed by atoms with Crippen molar-refractivity contribution < 1.29 is 14.6 Å². The molecule has 0 bridgehead atoms. The van der Waals surface area contributed by atoms with Gasteiger partial charge in [-0.2, -0.15) is 0 Å². The largest absolute Gasteiger partial charge is 0.497 e. The summed E-state index contributed by atoms with van der Waals surface area (Å²) in [5.74, 6) is 0.0188. The van der Waals surface area contributed by atoms with Crippen LogP contribution in [0, 0.1) is 0 Å². The second-order valence-corrected chi connectivity index (χ2v) is 3.96. The van der Waals surface area contributed by atoms with E-state index in [1.165, 1.54) is 0 Å². The van der Waals surface area contributed by atoms with Crippen molar-refractivity contribution in [1.29, 1.82) is 0 Å². The number of carboxylic acids is 1. The van der Waals surface area contributed by atoms with E-state index in [0.717, 1.165) is 24.3 Å². The Bertz CT molecular complexity index is 348. The van der Waals surface area contributed by atoms with Gasteiger partial charge < -0.3 is 15.2 Å². The molecule has 0 fully saturated rings. The van der Waals surface area contributed by atoms with Crippen LogP contribution in [0.25, 0.3) is 0 Å². The molecule has 0 saturated carbocycles. The number of ether oxygens (including phenoxy) is 1. The molecule has 1 unspecified atom stereocenters. The lowest BCUT2D eigenvalue weighted by atomic mass is 10.1. The Morgan fingerprint density at radius 1 is 1.41 bits per heavy atom. The van der Waals surface area contributed by atoms with Gasteiger partial charge in [-0.15, -0.1) is 0 Å². The highest BCUT2D eigenvalue weighted by molar-refractivity contribution is 5.68. The van der Waals surface area contributed by atoms with Crippen molar-refractivity contribution in [3.8, 4) is 5.75 Å². The molecule has 17 heavy (non-hydrogen) atoms. The molecular formula is C13H19NO3. The molecule has 1 aromatic carbocycles. The van der Waals surface area contributed by atoms with Gasteiger partial charge in [0.15, 0.2) is 0 Å². The van der Waals surface area contributed by atoms with Gasteiger partial charge in [-0.25, -0.2) is 0 Å². The zero-order valence-electron chi connectivity index (χ0n) is 10.3. The lowest BCUT2D eigenvalue weighted by Gasteiger charge is -2.17. The van der Waals surface area contributed by atoms with Gasteiger partial charge in [0.25, 0.3) is 0 Å². The number of nitrogens with one attached hydrogen (secondary N) is 1. The lowest BCUT2D eigenvalue weighted by Crippen LogP contribution is -2.22. The highest BCUT2D eigenvalue weighted by Gasteiger charge is 2.11. The zero-order chi connectivity index (χ0) is 12.7. The number of carboxylic acid groups (broad SMARTS) is 1. The number of aliphatic carboxylic acids is 1. The fourth-order valence-corrected chi connectivity index (χ4v) is 1.71. The van der Waals surface area contributed by atoms with E-state index in [-0.39, 0.29) is 12.5 Å². The maximum absolute atomic E-state index is 10.7. The first-order chi connectivity index (χ1) is 8.15. The highest BCUT2D eigenvalue weighted by atomic mass is 16.5. The molecule has 0 aromatic heterocycles. The maximum atomic E-state index is 10.7. The molecule has 2 N–H and O–H groups in total. The van der Waals surface area contributed by atoms with Crippen LogP contribution < -0.4 is 10.1 Å². The summed E-state index contributed by atoms with van der Waals surface area (Å²) < 4.78 is 5.06. The molecule has 0 aliphatic rings. The Kier molecular flexibility index (Phi) is 5.33. The van der Waals surface area contributed by atoms with Gasteiger partial charge in [-0.1, -0.05) is 13.3 Å². The Morgan fingerprint density at radius 2 is 2.06 bits per heavy atom. The zero-order valence-corrected chi connectivity index (χ0v) is 10.3. The Balaban J connectivity index is 2.61. The molecular weight excluding hydrogens is 218 g/mol. The number of hydrogen-bond donors (Lipinski definition) is 2. The fraction of sp³-hybridized carbons (Fsp3) is 0.462. The smallest absolute Gasteiger partial charge is 0.305 e. The van der Waals surface area contributed by atoms with Crippen LogP contribution in [-0.4, -0.2) is 24.2 Å². The van der Waals surface area contributed by atoms with Crippen molar-refractivity contribution >= 4 is 11.7 Å². The third kappa shape index (κ3) is 4.76. The van der Waals surface area contributed by atoms with Crippen molar-refractivity contribution in [3.63, 3.8) is 0 Å². The van der Waals surface area contributed by atoms with Crippen LogP contribution >= 0.6 is 0 Å². The Morgan fingerprint density at radius 3 is 2.53 bits per heavy atom. The van der Waals surface area contributed by atoms with E-state index >= 15 is 0 Å². The summed E-state index contributed by atoms with van der Waals surface area (Å²) in [6, 6.07) is 7.47. The summed E-state index contributed by atoms with van der Waals surface area (Å²) in [5, 5.41) is 12.0. The van der Waals surface area contributed by atoms with Crippen LogP contribution in [0.4, 0.5) is 5.69 Å². The molecule has 0 aliphatic carbocycles. The van der Waals surface area contributed by atoms with Crippen LogP contribution in [0.2, 0.25) is 0 Å². The topological polar surface area (TPSA) is 58.6 Å². The van der Waals surface area contributed by atoms with E-state index in [1.54, 1.807) is 7.11 Å². The van der Waals surface area contributed by atoms with Crippen LogP contribution in [0.3, 0.4) is 0 Å². The van der Waals surface area contributed by atoms with Gasteiger partial charge in [0, 0.05) is 11.7 Å².